The van der Waals surface area contributed by atoms with Crippen LogP contribution in [0.3, 0.4) is 0 Å². The van der Waals surface area contributed by atoms with Crippen LogP contribution in [-0.2, 0) is 19.6 Å². The third kappa shape index (κ3) is 2.88. The highest BCUT2D eigenvalue weighted by Crippen LogP contribution is 2.27. The van der Waals surface area contributed by atoms with Crippen LogP contribution in [0.25, 0.3) is 0 Å². The fourth-order valence-electron chi connectivity index (χ4n) is 1.72. The van der Waals surface area contributed by atoms with E-state index in [0.29, 0.717) is 0 Å². The summed E-state index contributed by atoms with van der Waals surface area (Å²) in [5.74, 6) is 0. The Balaban J connectivity index is 2.13. The van der Waals surface area contributed by atoms with Crippen molar-refractivity contribution in [2.24, 2.45) is 0 Å². The summed E-state index contributed by atoms with van der Waals surface area (Å²) in [6.45, 7) is 4.90. The van der Waals surface area contributed by atoms with E-state index in [0.717, 1.165) is 39.4 Å². The standard InChI is InChI=1S/C12H17N3OS2/c1-4-10-11(6-16)18-12(14-10)15(3)5-9-7-17-8(2)13-9/h7,16H,4-6H2,1-3H3. The second-order valence-electron chi connectivity index (χ2n) is 4.09. The Hall–Kier alpha value is -0.980. The van der Waals surface area contributed by atoms with E-state index in [2.05, 4.69) is 27.2 Å². The first kappa shape index (κ1) is 13.5. The second kappa shape index (κ2) is 5.77. The first-order valence-corrected chi connectivity index (χ1v) is 7.55. The minimum atomic E-state index is 0.0739. The molecule has 0 atom stereocenters. The molecule has 2 aromatic heterocycles. The Kier molecular flexibility index (Phi) is 4.31. The topological polar surface area (TPSA) is 49.2 Å². The molecule has 0 unspecified atom stereocenters. The van der Waals surface area contributed by atoms with Gasteiger partial charge in [0.05, 0.1) is 34.4 Å². The maximum atomic E-state index is 9.28. The summed E-state index contributed by atoms with van der Waals surface area (Å²) in [6, 6.07) is 0. The number of hydrogen-bond donors (Lipinski definition) is 1. The van der Waals surface area contributed by atoms with Crippen molar-refractivity contribution in [2.75, 3.05) is 11.9 Å². The Bertz CT molecular complexity index is 500. The van der Waals surface area contributed by atoms with Crippen LogP contribution in [0.4, 0.5) is 5.13 Å². The lowest BCUT2D eigenvalue weighted by molar-refractivity contribution is 0.284. The van der Waals surface area contributed by atoms with E-state index < -0.39 is 0 Å². The van der Waals surface area contributed by atoms with E-state index in [9.17, 15) is 5.11 Å². The summed E-state index contributed by atoms with van der Waals surface area (Å²) in [5, 5.41) is 13.4. The number of hydrogen-bond acceptors (Lipinski definition) is 6. The van der Waals surface area contributed by atoms with Gasteiger partial charge in [0.15, 0.2) is 5.13 Å². The minimum Gasteiger partial charge on any atom is -0.391 e. The van der Waals surface area contributed by atoms with Crippen molar-refractivity contribution in [1.82, 2.24) is 9.97 Å². The highest BCUT2D eigenvalue weighted by molar-refractivity contribution is 7.15. The fourth-order valence-corrected chi connectivity index (χ4v) is 3.30. The van der Waals surface area contributed by atoms with Gasteiger partial charge in [0.25, 0.3) is 0 Å². The molecule has 0 saturated carbocycles. The highest BCUT2D eigenvalue weighted by atomic mass is 32.1. The first-order valence-electron chi connectivity index (χ1n) is 5.85. The average Bonchev–Trinajstić information content (AvgIpc) is 2.95. The van der Waals surface area contributed by atoms with Gasteiger partial charge in [0, 0.05) is 12.4 Å². The molecular formula is C12H17N3OS2. The van der Waals surface area contributed by atoms with Gasteiger partial charge in [-0.25, -0.2) is 9.97 Å². The lowest BCUT2D eigenvalue weighted by Crippen LogP contribution is -2.16. The normalized spacial score (nSPS) is 10.9. The summed E-state index contributed by atoms with van der Waals surface area (Å²) in [5.41, 5.74) is 2.07. The lowest BCUT2D eigenvalue weighted by Gasteiger charge is -2.13. The van der Waals surface area contributed by atoms with E-state index in [4.69, 9.17) is 0 Å². The molecule has 0 amide bonds. The molecule has 2 rings (SSSR count). The van der Waals surface area contributed by atoms with Crippen LogP contribution in [0.15, 0.2) is 5.38 Å². The maximum Gasteiger partial charge on any atom is 0.185 e. The summed E-state index contributed by atoms with van der Waals surface area (Å²) < 4.78 is 0. The third-order valence-electron chi connectivity index (χ3n) is 2.64. The van der Waals surface area contributed by atoms with Gasteiger partial charge in [-0.2, -0.15) is 0 Å². The van der Waals surface area contributed by atoms with Crippen LogP contribution >= 0.6 is 22.7 Å². The van der Waals surface area contributed by atoms with Crippen molar-refractivity contribution < 1.29 is 5.11 Å². The van der Waals surface area contributed by atoms with Crippen LogP contribution in [-0.4, -0.2) is 22.1 Å². The van der Waals surface area contributed by atoms with Gasteiger partial charge in [-0.3, -0.25) is 0 Å². The van der Waals surface area contributed by atoms with Gasteiger partial charge in [0.2, 0.25) is 0 Å². The van der Waals surface area contributed by atoms with Gasteiger partial charge in [-0.1, -0.05) is 18.3 Å². The first-order chi connectivity index (χ1) is 8.63. The van der Waals surface area contributed by atoms with Crippen LogP contribution in [0, 0.1) is 6.92 Å². The number of aliphatic hydroxyl groups excluding tert-OH is 1. The Morgan fingerprint density at radius 2 is 2.17 bits per heavy atom. The van der Waals surface area contributed by atoms with Gasteiger partial charge in [-0.05, 0) is 13.3 Å². The number of nitrogens with zero attached hydrogens (tertiary/aromatic N) is 3. The molecule has 98 valence electrons. The molecule has 0 radical (unpaired) electrons. The largest absolute Gasteiger partial charge is 0.391 e. The van der Waals surface area contributed by atoms with E-state index in [-0.39, 0.29) is 6.61 Å². The zero-order valence-corrected chi connectivity index (χ0v) is 12.4. The smallest absolute Gasteiger partial charge is 0.185 e. The average molecular weight is 283 g/mol. The Labute approximate surface area is 115 Å². The van der Waals surface area contributed by atoms with E-state index in [1.807, 2.05) is 14.0 Å². The molecule has 1 N–H and O–H groups in total. The summed E-state index contributed by atoms with van der Waals surface area (Å²) in [6.07, 6.45) is 0.857. The minimum absolute atomic E-state index is 0.0739. The monoisotopic (exact) mass is 283 g/mol. The van der Waals surface area contributed by atoms with Crippen LogP contribution < -0.4 is 4.90 Å². The second-order valence-corrected chi connectivity index (χ2v) is 6.22. The van der Waals surface area contributed by atoms with Gasteiger partial charge in [-0.15, -0.1) is 11.3 Å². The van der Waals surface area contributed by atoms with Crippen LogP contribution in [0.5, 0.6) is 0 Å². The van der Waals surface area contributed by atoms with Gasteiger partial charge >= 0.3 is 0 Å². The quantitative estimate of drug-likeness (QED) is 0.916. The summed E-state index contributed by atoms with van der Waals surface area (Å²) in [7, 11) is 2.01. The van der Waals surface area contributed by atoms with Crippen LogP contribution in [0.2, 0.25) is 0 Å². The Morgan fingerprint density at radius 3 is 2.67 bits per heavy atom. The van der Waals surface area contributed by atoms with Crippen molar-refractivity contribution in [1.29, 1.82) is 0 Å². The van der Waals surface area contributed by atoms with Crippen molar-refractivity contribution in [3.63, 3.8) is 0 Å². The predicted molar refractivity (Wildman–Crippen MR) is 76.4 cm³/mol. The third-order valence-corrected chi connectivity index (χ3v) is 4.66. The molecule has 0 aliphatic heterocycles. The molecule has 0 saturated heterocycles. The van der Waals surface area contributed by atoms with Crippen molar-refractivity contribution in [3.05, 3.63) is 26.7 Å². The zero-order valence-electron chi connectivity index (χ0n) is 10.8. The fraction of sp³-hybridized carbons (Fsp3) is 0.500. The molecule has 0 aromatic carbocycles. The molecule has 0 bridgehead atoms. The molecular weight excluding hydrogens is 266 g/mol. The lowest BCUT2D eigenvalue weighted by atomic mass is 10.3. The molecule has 0 aliphatic carbocycles. The maximum absolute atomic E-state index is 9.28. The number of aromatic nitrogens is 2. The SMILES string of the molecule is CCc1nc(N(C)Cc2csc(C)n2)sc1CO. The van der Waals surface area contributed by atoms with E-state index in [1.165, 1.54) is 0 Å². The molecule has 18 heavy (non-hydrogen) atoms. The number of thiazole rings is 2. The number of aryl methyl sites for hydroxylation is 2. The molecule has 0 aliphatic rings. The van der Waals surface area contributed by atoms with Gasteiger partial charge in [0.1, 0.15) is 0 Å². The molecule has 0 spiro atoms. The van der Waals surface area contributed by atoms with E-state index in [1.54, 1.807) is 22.7 Å². The molecule has 4 nitrogen and oxygen atoms in total. The van der Waals surface area contributed by atoms with Crippen LogP contribution in [0.1, 0.15) is 28.2 Å². The van der Waals surface area contributed by atoms with Gasteiger partial charge < -0.3 is 10.0 Å². The van der Waals surface area contributed by atoms with Crippen molar-refractivity contribution in [3.8, 4) is 0 Å². The highest BCUT2D eigenvalue weighted by Gasteiger charge is 2.13. The molecule has 0 fully saturated rings. The Morgan fingerprint density at radius 1 is 1.39 bits per heavy atom. The number of aliphatic hydroxyl groups is 1. The summed E-state index contributed by atoms with van der Waals surface area (Å²) >= 11 is 3.22. The molecule has 6 heteroatoms. The van der Waals surface area contributed by atoms with Crippen molar-refractivity contribution >= 4 is 27.8 Å². The number of rotatable bonds is 5. The summed E-state index contributed by atoms with van der Waals surface area (Å²) in [4.78, 5) is 12.1. The number of anilines is 1. The van der Waals surface area contributed by atoms with Crippen molar-refractivity contribution in [2.45, 2.75) is 33.4 Å². The predicted octanol–water partition coefficient (Wildman–Crippen LogP) is 2.60. The molecule has 2 aromatic rings. The zero-order chi connectivity index (χ0) is 13.1. The molecule has 2 heterocycles. The van der Waals surface area contributed by atoms with E-state index >= 15 is 0 Å².